The van der Waals surface area contributed by atoms with Gasteiger partial charge in [0.15, 0.2) is 5.13 Å². The third-order valence-electron chi connectivity index (χ3n) is 5.27. The van der Waals surface area contributed by atoms with Crippen molar-refractivity contribution >= 4 is 16.5 Å². The van der Waals surface area contributed by atoms with Crippen LogP contribution in [-0.2, 0) is 11.2 Å². The summed E-state index contributed by atoms with van der Waals surface area (Å²) in [6, 6.07) is 1.02. The van der Waals surface area contributed by atoms with Crippen LogP contribution >= 0.6 is 11.3 Å². The Kier molecular flexibility index (Phi) is 3.90. The number of morpholine rings is 1. The zero-order valence-corrected chi connectivity index (χ0v) is 13.6. The predicted octanol–water partition coefficient (Wildman–Crippen LogP) is 2.89. The molecule has 0 aromatic carbocycles. The number of aromatic nitrogens is 1. The Bertz CT molecular complexity index is 502. The maximum Gasteiger partial charge on any atom is 0.186 e. The van der Waals surface area contributed by atoms with Crippen LogP contribution in [0.5, 0.6) is 0 Å². The highest BCUT2D eigenvalue weighted by Crippen LogP contribution is 2.39. The number of nitrogens with zero attached hydrogens (tertiary/aromatic N) is 2. The van der Waals surface area contributed by atoms with Crippen molar-refractivity contribution in [1.29, 1.82) is 0 Å². The predicted molar refractivity (Wildman–Crippen MR) is 86.2 cm³/mol. The average Bonchev–Trinajstić information content (AvgIpc) is 2.98. The molecule has 1 N–H and O–H groups in total. The summed E-state index contributed by atoms with van der Waals surface area (Å²) in [7, 11) is 2.06. The number of aryl methyl sites for hydroxylation is 1. The molecule has 2 heterocycles. The molecule has 3 unspecified atom stereocenters. The fraction of sp³-hybridized carbons (Fsp3) is 0.812. The molecule has 5 heteroatoms. The number of hydrogen-bond acceptors (Lipinski definition) is 5. The highest BCUT2D eigenvalue weighted by molar-refractivity contribution is 7.15. The molecule has 2 aliphatic carbocycles. The Morgan fingerprint density at radius 3 is 3.05 bits per heavy atom. The van der Waals surface area contributed by atoms with Crippen LogP contribution in [-0.4, -0.2) is 37.3 Å². The largest absolute Gasteiger partial charge is 0.374 e. The molecule has 0 amide bonds. The first-order valence-corrected chi connectivity index (χ1v) is 9.23. The SMILES string of the molecule is CNC1CCCc2sc(N3CCOC4CCCCC43)nc21. The zero-order valence-electron chi connectivity index (χ0n) is 12.8. The van der Waals surface area contributed by atoms with Gasteiger partial charge in [-0.15, -0.1) is 11.3 Å². The summed E-state index contributed by atoms with van der Waals surface area (Å²) < 4.78 is 6.00. The van der Waals surface area contributed by atoms with Crippen molar-refractivity contribution in [2.75, 3.05) is 25.1 Å². The van der Waals surface area contributed by atoms with Gasteiger partial charge in [0.25, 0.3) is 0 Å². The van der Waals surface area contributed by atoms with Gasteiger partial charge in [0, 0.05) is 11.4 Å². The zero-order chi connectivity index (χ0) is 14.2. The summed E-state index contributed by atoms with van der Waals surface area (Å²) in [5.41, 5.74) is 1.32. The van der Waals surface area contributed by atoms with Gasteiger partial charge in [0.2, 0.25) is 0 Å². The second-order valence-electron chi connectivity index (χ2n) is 6.49. The number of thiazole rings is 1. The molecule has 0 spiro atoms. The molecule has 116 valence electrons. The molecule has 1 aliphatic heterocycles. The van der Waals surface area contributed by atoms with E-state index in [1.54, 1.807) is 0 Å². The lowest BCUT2D eigenvalue weighted by Crippen LogP contribution is -2.52. The lowest BCUT2D eigenvalue weighted by Gasteiger charge is -2.43. The van der Waals surface area contributed by atoms with Gasteiger partial charge >= 0.3 is 0 Å². The number of nitrogens with one attached hydrogen (secondary N) is 1. The summed E-state index contributed by atoms with van der Waals surface area (Å²) in [4.78, 5) is 9.11. The van der Waals surface area contributed by atoms with E-state index in [-0.39, 0.29) is 0 Å². The van der Waals surface area contributed by atoms with Crippen molar-refractivity contribution in [2.45, 2.75) is 63.1 Å². The molecule has 4 nitrogen and oxygen atoms in total. The first-order chi connectivity index (χ1) is 10.4. The first-order valence-electron chi connectivity index (χ1n) is 8.42. The minimum absolute atomic E-state index is 0.438. The third-order valence-corrected chi connectivity index (χ3v) is 6.44. The van der Waals surface area contributed by atoms with E-state index >= 15 is 0 Å². The number of hydrogen-bond donors (Lipinski definition) is 1. The lowest BCUT2D eigenvalue weighted by atomic mass is 9.90. The normalized spacial score (nSPS) is 32.6. The van der Waals surface area contributed by atoms with Crippen LogP contribution in [0.4, 0.5) is 5.13 Å². The Balaban J connectivity index is 1.62. The minimum atomic E-state index is 0.438. The molecule has 1 aromatic rings. The van der Waals surface area contributed by atoms with Gasteiger partial charge in [-0.2, -0.15) is 0 Å². The topological polar surface area (TPSA) is 37.4 Å². The summed E-state index contributed by atoms with van der Waals surface area (Å²) in [5.74, 6) is 0. The standard InChI is InChI=1S/C16H25N3OS/c1-17-11-5-4-8-14-15(11)18-16(21-14)19-9-10-20-13-7-3-2-6-12(13)19/h11-13,17H,2-10H2,1H3. The van der Waals surface area contributed by atoms with Crippen molar-refractivity contribution in [2.24, 2.45) is 0 Å². The van der Waals surface area contributed by atoms with E-state index in [2.05, 4.69) is 17.3 Å². The number of fused-ring (bicyclic) bond motifs is 2. The molecule has 0 bridgehead atoms. The van der Waals surface area contributed by atoms with Crippen molar-refractivity contribution < 1.29 is 4.74 Å². The first kappa shape index (κ1) is 14.0. The van der Waals surface area contributed by atoms with Crippen LogP contribution in [0.15, 0.2) is 0 Å². The maximum atomic E-state index is 6.00. The van der Waals surface area contributed by atoms with E-state index in [9.17, 15) is 0 Å². The van der Waals surface area contributed by atoms with E-state index < -0.39 is 0 Å². The van der Waals surface area contributed by atoms with E-state index in [0.29, 0.717) is 18.2 Å². The van der Waals surface area contributed by atoms with E-state index in [4.69, 9.17) is 9.72 Å². The van der Waals surface area contributed by atoms with E-state index in [0.717, 1.165) is 13.2 Å². The number of rotatable bonds is 2. The maximum absolute atomic E-state index is 6.00. The van der Waals surface area contributed by atoms with Gasteiger partial charge in [-0.25, -0.2) is 4.98 Å². The second-order valence-corrected chi connectivity index (χ2v) is 7.55. The van der Waals surface area contributed by atoms with Crippen LogP contribution in [0.3, 0.4) is 0 Å². The van der Waals surface area contributed by atoms with Crippen LogP contribution in [0.2, 0.25) is 0 Å². The molecule has 1 aromatic heterocycles. The summed E-state index contributed by atoms with van der Waals surface area (Å²) in [6.45, 7) is 1.87. The third kappa shape index (κ3) is 2.49. The highest BCUT2D eigenvalue weighted by Gasteiger charge is 2.36. The summed E-state index contributed by atoms with van der Waals surface area (Å²) in [5, 5.41) is 4.69. The molecule has 1 saturated heterocycles. The van der Waals surface area contributed by atoms with Gasteiger partial charge < -0.3 is 15.0 Å². The minimum Gasteiger partial charge on any atom is -0.374 e. The Hall–Kier alpha value is -0.650. The highest BCUT2D eigenvalue weighted by atomic mass is 32.1. The van der Waals surface area contributed by atoms with Crippen LogP contribution < -0.4 is 10.2 Å². The van der Waals surface area contributed by atoms with Crippen molar-refractivity contribution in [3.63, 3.8) is 0 Å². The molecule has 0 radical (unpaired) electrons. The molecule has 3 aliphatic rings. The van der Waals surface area contributed by atoms with Crippen LogP contribution in [0.1, 0.15) is 55.1 Å². The number of ether oxygens (including phenoxy) is 1. The molecule has 4 rings (SSSR count). The monoisotopic (exact) mass is 307 g/mol. The Labute approximate surface area is 130 Å². The second kappa shape index (κ2) is 5.86. The average molecular weight is 307 g/mol. The number of anilines is 1. The van der Waals surface area contributed by atoms with Gasteiger partial charge in [0.05, 0.1) is 30.5 Å². The van der Waals surface area contributed by atoms with E-state index in [1.807, 2.05) is 11.3 Å². The molecular formula is C16H25N3OS. The molecular weight excluding hydrogens is 282 g/mol. The fourth-order valence-corrected chi connectivity index (χ4v) is 5.39. The Morgan fingerprint density at radius 1 is 1.24 bits per heavy atom. The van der Waals surface area contributed by atoms with Gasteiger partial charge in [-0.3, -0.25) is 0 Å². The van der Waals surface area contributed by atoms with Gasteiger partial charge in [0.1, 0.15) is 0 Å². The van der Waals surface area contributed by atoms with Crippen LogP contribution in [0.25, 0.3) is 0 Å². The molecule has 21 heavy (non-hydrogen) atoms. The fourth-order valence-electron chi connectivity index (χ4n) is 4.14. The van der Waals surface area contributed by atoms with Crippen LogP contribution in [0, 0.1) is 0 Å². The molecule has 1 saturated carbocycles. The summed E-state index contributed by atoms with van der Waals surface area (Å²) in [6.07, 6.45) is 9.32. The van der Waals surface area contributed by atoms with E-state index in [1.165, 1.54) is 60.6 Å². The van der Waals surface area contributed by atoms with Gasteiger partial charge in [-0.05, 0) is 39.2 Å². The Morgan fingerprint density at radius 2 is 2.14 bits per heavy atom. The van der Waals surface area contributed by atoms with Gasteiger partial charge in [-0.1, -0.05) is 12.8 Å². The molecule has 3 atom stereocenters. The van der Waals surface area contributed by atoms with Crippen molar-refractivity contribution in [1.82, 2.24) is 10.3 Å². The van der Waals surface area contributed by atoms with Crippen molar-refractivity contribution in [3.8, 4) is 0 Å². The molecule has 2 fully saturated rings. The summed E-state index contributed by atoms with van der Waals surface area (Å²) >= 11 is 1.94. The lowest BCUT2D eigenvalue weighted by molar-refractivity contribution is -0.00870. The van der Waals surface area contributed by atoms with Crippen molar-refractivity contribution in [3.05, 3.63) is 10.6 Å². The quantitative estimate of drug-likeness (QED) is 0.911. The smallest absolute Gasteiger partial charge is 0.186 e.